The number of rotatable bonds is 6. The monoisotopic (exact) mass is 404 g/mol. The lowest BCUT2D eigenvalue weighted by molar-refractivity contribution is -0.130. The Kier molecular flexibility index (Phi) is 6.08. The van der Waals surface area contributed by atoms with Crippen molar-refractivity contribution in [2.45, 2.75) is 6.42 Å². The first-order valence-electron chi connectivity index (χ1n) is 9.93. The Morgan fingerprint density at radius 3 is 2.23 bits per heavy atom. The third-order valence-corrected chi connectivity index (χ3v) is 5.06. The molecule has 30 heavy (non-hydrogen) atoms. The molecule has 0 atom stereocenters. The summed E-state index contributed by atoms with van der Waals surface area (Å²) in [5.74, 6) is 2.90. The van der Waals surface area contributed by atoms with Crippen molar-refractivity contribution in [2.75, 3.05) is 38.2 Å². The molecule has 1 aliphatic rings. The number of nitrogens with zero attached hydrogens (tertiary/aromatic N) is 4. The van der Waals surface area contributed by atoms with Crippen LogP contribution in [0.3, 0.4) is 0 Å². The van der Waals surface area contributed by atoms with Gasteiger partial charge < -0.3 is 19.3 Å². The van der Waals surface area contributed by atoms with Crippen molar-refractivity contribution in [3.05, 3.63) is 72.3 Å². The summed E-state index contributed by atoms with van der Waals surface area (Å²) in [4.78, 5) is 16.7. The van der Waals surface area contributed by atoms with Gasteiger partial charge in [0.1, 0.15) is 11.5 Å². The lowest BCUT2D eigenvalue weighted by Crippen LogP contribution is -2.49. The fourth-order valence-corrected chi connectivity index (χ4v) is 3.36. The Hall–Kier alpha value is -3.61. The third kappa shape index (κ3) is 4.86. The number of benzene rings is 2. The van der Waals surface area contributed by atoms with Crippen LogP contribution in [0.25, 0.3) is 0 Å². The summed E-state index contributed by atoms with van der Waals surface area (Å²) >= 11 is 0. The zero-order chi connectivity index (χ0) is 20.8. The fraction of sp³-hybridized carbons (Fsp3) is 0.261. The van der Waals surface area contributed by atoms with E-state index in [4.69, 9.17) is 9.47 Å². The van der Waals surface area contributed by atoms with Crippen LogP contribution in [0.1, 0.15) is 5.56 Å². The van der Waals surface area contributed by atoms with Crippen LogP contribution in [0.4, 0.5) is 5.82 Å². The highest BCUT2D eigenvalue weighted by atomic mass is 16.5. The minimum Gasteiger partial charge on any atom is -0.497 e. The number of methoxy groups -OCH3 is 1. The van der Waals surface area contributed by atoms with E-state index in [1.807, 2.05) is 71.6 Å². The van der Waals surface area contributed by atoms with Crippen molar-refractivity contribution in [2.24, 2.45) is 0 Å². The first-order chi connectivity index (χ1) is 14.7. The molecule has 154 valence electrons. The van der Waals surface area contributed by atoms with Gasteiger partial charge in [0.15, 0.2) is 5.82 Å². The fourth-order valence-electron chi connectivity index (χ4n) is 3.36. The van der Waals surface area contributed by atoms with Crippen LogP contribution in [0.5, 0.6) is 17.4 Å². The van der Waals surface area contributed by atoms with Gasteiger partial charge in [-0.05, 0) is 35.9 Å². The standard InChI is InChI=1S/C23H24N4O3/c1-29-19-9-7-18(8-10-19)17-23(28)27-15-13-26(14-16-27)21-11-12-22(25-24-21)30-20-5-3-2-4-6-20/h2-12H,13-17H2,1H3. The molecular weight excluding hydrogens is 380 g/mol. The molecule has 1 amide bonds. The molecule has 7 heteroatoms. The van der Waals surface area contributed by atoms with Gasteiger partial charge >= 0.3 is 0 Å². The van der Waals surface area contributed by atoms with Crippen LogP contribution < -0.4 is 14.4 Å². The number of aromatic nitrogens is 2. The smallest absolute Gasteiger partial charge is 0.238 e. The minimum atomic E-state index is 0.137. The van der Waals surface area contributed by atoms with E-state index in [1.54, 1.807) is 7.11 Å². The van der Waals surface area contributed by atoms with Crippen LogP contribution in [0, 0.1) is 0 Å². The predicted molar refractivity (Wildman–Crippen MR) is 114 cm³/mol. The molecule has 0 unspecified atom stereocenters. The maximum Gasteiger partial charge on any atom is 0.238 e. The molecule has 0 aliphatic carbocycles. The Bertz CT molecular complexity index is 954. The molecule has 0 radical (unpaired) electrons. The average molecular weight is 404 g/mol. The molecular formula is C23H24N4O3. The van der Waals surface area contributed by atoms with E-state index in [1.165, 1.54) is 0 Å². The van der Waals surface area contributed by atoms with E-state index in [0.29, 0.717) is 25.4 Å². The van der Waals surface area contributed by atoms with Crippen molar-refractivity contribution in [1.29, 1.82) is 0 Å². The first kappa shape index (κ1) is 19.7. The summed E-state index contributed by atoms with van der Waals surface area (Å²) in [7, 11) is 1.63. The van der Waals surface area contributed by atoms with E-state index >= 15 is 0 Å². The summed E-state index contributed by atoms with van der Waals surface area (Å²) in [6, 6.07) is 20.8. The summed E-state index contributed by atoms with van der Waals surface area (Å²) in [6.07, 6.45) is 0.398. The third-order valence-electron chi connectivity index (χ3n) is 5.06. The summed E-state index contributed by atoms with van der Waals surface area (Å²) in [6.45, 7) is 2.78. The van der Waals surface area contributed by atoms with Gasteiger partial charge in [0, 0.05) is 32.2 Å². The van der Waals surface area contributed by atoms with E-state index in [0.717, 1.165) is 36.0 Å². The highest BCUT2D eigenvalue weighted by Crippen LogP contribution is 2.21. The molecule has 0 saturated carbocycles. The van der Waals surface area contributed by atoms with Gasteiger partial charge in [-0.1, -0.05) is 30.3 Å². The van der Waals surface area contributed by atoms with Gasteiger partial charge in [0.25, 0.3) is 0 Å². The molecule has 0 N–H and O–H groups in total. The molecule has 2 aromatic carbocycles. The normalized spacial score (nSPS) is 13.8. The van der Waals surface area contributed by atoms with Crippen molar-refractivity contribution < 1.29 is 14.3 Å². The number of hydrogen-bond acceptors (Lipinski definition) is 6. The quantitative estimate of drug-likeness (QED) is 0.629. The molecule has 1 fully saturated rings. The predicted octanol–water partition coefficient (Wildman–Crippen LogP) is 3.17. The molecule has 0 spiro atoms. The van der Waals surface area contributed by atoms with Gasteiger partial charge in [-0.3, -0.25) is 4.79 Å². The van der Waals surface area contributed by atoms with Gasteiger partial charge in [-0.15, -0.1) is 10.2 Å². The van der Waals surface area contributed by atoms with E-state index < -0.39 is 0 Å². The largest absolute Gasteiger partial charge is 0.497 e. The number of para-hydroxylation sites is 1. The molecule has 1 aromatic heterocycles. The van der Waals surface area contributed by atoms with Crippen molar-refractivity contribution in [1.82, 2.24) is 15.1 Å². The lowest BCUT2D eigenvalue weighted by atomic mass is 10.1. The molecule has 4 rings (SSSR count). The topological polar surface area (TPSA) is 67.8 Å². The second-order valence-electron chi connectivity index (χ2n) is 7.04. The molecule has 1 aliphatic heterocycles. The van der Waals surface area contributed by atoms with Crippen LogP contribution in [0.15, 0.2) is 66.7 Å². The van der Waals surface area contributed by atoms with Gasteiger partial charge in [-0.25, -0.2) is 0 Å². The molecule has 7 nitrogen and oxygen atoms in total. The highest BCUT2D eigenvalue weighted by molar-refractivity contribution is 5.79. The number of piperazine rings is 1. The number of hydrogen-bond donors (Lipinski definition) is 0. The van der Waals surface area contributed by atoms with Crippen LogP contribution >= 0.6 is 0 Å². The minimum absolute atomic E-state index is 0.137. The number of amides is 1. The average Bonchev–Trinajstić information content (AvgIpc) is 2.81. The van der Waals surface area contributed by atoms with Crippen LogP contribution in [-0.2, 0) is 11.2 Å². The summed E-state index contributed by atoms with van der Waals surface area (Å²) in [5.41, 5.74) is 0.989. The molecule has 2 heterocycles. The number of ether oxygens (including phenoxy) is 2. The highest BCUT2D eigenvalue weighted by Gasteiger charge is 2.22. The van der Waals surface area contributed by atoms with E-state index in [-0.39, 0.29) is 5.91 Å². The summed E-state index contributed by atoms with van der Waals surface area (Å²) < 4.78 is 10.8. The Morgan fingerprint density at radius 2 is 1.60 bits per heavy atom. The lowest BCUT2D eigenvalue weighted by Gasteiger charge is -2.35. The second kappa shape index (κ2) is 9.26. The Morgan fingerprint density at radius 1 is 0.867 bits per heavy atom. The van der Waals surface area contributed by atoms with Gasteiger partial charge in [-0.2, -0.15) is 0 Å². The zero-order valence-corrected chi connectivity index (χ0v) is 16.9. The van der Waals surface area contributed by atoms with E-state index in [9.17, 15) is 4.79 Å². The maximum atomic E-state index is 12.6. The maximum absolute atomic E-state index is 12.6. The first-order valence-corrected chi connectivity index (χ1v) is 9.93. The Balaban J connectivity index is 1.28. The van der Waals surface area contributed by atoms with Crippen LogP contribution in [-0.4, -0.2) is 54.3 Å². The number of anilines is 1. The Labute approximate surface area is 175 Å². The SMILES string of the molecule is COc1ccc(CC(=O)N2CCN(c3ccc(Oc4ccccc4)nn3)CC2)cc1. The van der Waals surface area contributed by atoms with Crippen molar-refractivity contribution in [3.8, 4) is 17.4 Å². The second-order valence-corrected chi connectivity index (χ2v) is 7.04. The molecule has 0 bridgehead atoms. The number of carbonyl (C=O) groups is 1. The zero-order valence-electron chi connectivity index (χ0n) is 16.9. The summed E-state index contributed by atoms with van der Waals surface area (Å²) in [5, 5.41) is 8.46. The van der Waals surface area contributed by atoms with Crippen molar-refractivity contribution >= 4 is 11.7 Å². The molecule has 1 saturated heterocycles. The molecule has 3 aromatic rings. The van der Waals surface area contributed by atoms with Gasteiger partial charge in [0.05, 0.1) is 13.5 Å². The number of carbonyl (C=O) groups excluding carboxylic acids is 1. The van der Waals surface area contributed by atoms with Gasteiger partial charge in [0.2, 0.25) is 11.8 Å². The van der Waals surface area contributed by atoms with Crippen LogP contribution in [0.2, 0.25) is 0 Å². The van der Waals surface area contributed by atoms with Crippen molar-refractivity contribution in [3.63, 3.8) is 0 Å². The van der Waals surface area contributed by atoms with E-state index in [2.05, 4.69) is 15.1 Å².